The van der Waals surface area contributed by atoms with Gasteiger partial charge in [0.25, 0.3) is 0 Å². The summed E-state index contributed by atoms with van der Waals surface area (Å²) in [7, 11) is 0. The predicted octanol–water partition coefficient (Wildman–Crippen LogP) is 2.29. The molecule has 0 bridgehead atoms. The second kappa shape index (κ2) is 4.86. The van der Waals surface area contributed by atoms with Gasteiger partial charge in [0, 0.05) is 11.6 Å². The lowest BCUT2D eigenvalue weighted by Crippen LogP contribution is -2.10. The smallest absolute Gasteiger partial charge is 0.162 e. The summed E-state index contributed by atoms with van der Waals surface area (Å²) in [5.41, 5.74) is 6.50. The van der Waals surface area contributed by atoms with Crippen LogP contribution in [0.5, 0.6) is 11.5 Å². The monoisotopic (exact) mass is 195 g/mol. The number of phenols is 2. The molecular weight excluding hydrogens is 178 g/mol. The van der Waals surface area contributed by atoms with Crippen molar-refractivity contribution in [2.24, 2.45) is 5.73 Å². The van der Waals surface area contributed by atoms with Gasteiger partial charge in [0.05, 0.1) is 0 Å². The summed E-state index contributed by atoms with van der Waals surface area (Å²) < 4.78 is 0. The molecule has 0 amide bonds. The number of nitrogens with two attached hydrogens (primary N) is 1. The maximum Gasteiger partial charge on any atom is 0.162 e. The summed E-state index contributed by atoms with van der Waals surface area (Å²) >= 11 is 0. The van der Waals surface area contributed by atoms with Crippen molar-refractivity contribution >= 4 is 0 Å². The molecule has 1 rings (SSSR count). The predicted molar refractivity (Wildman–Crippen MR) is 56.2 cm³/mol. The zero-order chi connectivity index (χ0) is 10.6. The molecule has 0 radical (unpaired) electrons. The minimum atomic E-state index is -0.193. The molecule has 0 heterocycles. The molecule has 0 saturated heterocycles. The molecule has 1 aromatic carbocycles. The van der Waals surface area contributed by atoms with Gasteiger partial charge in [-0.2, -0.15) is 0 Å². The zero-order valence-electron chi connectivity index (χ0n) is 8.40. The topological polar surface area (TPSA) is 66.5 Å². The standard InChI is InChI=1S/C11H17NO2/c1-2-3-6-9(12)8-5-4-7-10(13)11(8)14/h4-5,7,9,13-14H,2-3,6,12H2,1H3/t9-/m0/s1. The number of aromatic hydroxyl groups is 2. The third kappa shape index (κ3) is 2.39. The Labute approximate surface area is 84.2 Å². The molecule has 14 heavy (non-hydrogen) atoms. The average molecular weight is 195 g/mol. The SMILES string of the molecule is CCCC[C@H](N)c1cccc(O)c1O. The first-order valence-corrected chi connectivity index (χ1v) is 4.93. The second-order valence-corrected chi connectivity index (χ2v) is 3.46. The van der Waals surface area contributed by atoms with Crippen molar-refractivity contribution in [2.45, 2.75) is 32.2 Å². The quantitative estimate of drug-likeness (QED) is 0.646. The van der Waals surface area contributed by atoms with Crippen LogP contribution >= 0.6 is 0 Å². The minimum absolute atomic E-state index is 0.0869. The second-order valence-electron chi connectivity index (χ2n) is 3.46. The number of hydrogen-bond acceptors (Lipinski definition) is 3. The maximum absolute atomic E-state index is 9.54. The lowest BCUT2D eigenvalue weighted by atomic mass is 10.0. The van der Waals surface area contributed by atoms with Crippen LogP contribution < -0.4 is 5.73 Å². The minimum Gasteiger partial charge on any atom is -0.504 e. The van der Waals surface area contributed by atoms with E-state index in [9.17, 15) is 10.2 Å². The number of para-hydroxylation sites is 1. The summed E-state index contributed by atoms with van der Waals surface area (Å²) in [5, 5.41) is 18.8. The fourth-order valence-electron chi connectivity index (χ4n) is 1.43. The highest BCUT2D eigenvalue weighted by Crippen LogP contribution is 2.33. The van der Waals surface area contributed by atoms with E-state index in [1.165, 1.54) is 6.07 Å². The van der Waals surface area contributed by atoms with Crippen LogP contribution in [0, 0.1) is 0 Å². The van der Waals surface area contributed by atoms with Crippen LogP contribution in [0.15, 0.2) is 18.2 Å². The van der Waals surface area contributed by atoms with Crippen LogP contribution in [-0.4, -0.2) is 10.2 Å². The number of unbranched alkanes of at least 4 members (excludes halogenated alkanes) is 1. The van der Waals surface area contributed by atoms with Crippen LogP contribution in [0.1, 0.15) is 37.8 Å². The van der Waals surface area contributed by atoms with Gasteiger partial charge in [-0.3, -0.25) is 0 Å². The summed E-state index contributed by atoms with van der Waals surface area (Å²) in [6.07, 6.45) is 2.93. The molecule has 0 unspecified atom stereocenters. The van der Waals surface area contributed by atoms with Crippen molar-refractivity contribution in [3.8, 4) is 11.5 Å². The van der Waals surface area contributed by atoms with Crippen LogP contribution in [0.3, 0.4) is 0 Å². The van der Waals surface area contributed by atoms with E-state index in [0.29, 0.717) is 5.56 Å². The van der Waals surface area contributed by atoms with E-state index in [4.69, 9.17) is 5.73 Å². The van der Waals surface area contributed by atoms with Crippen molar-refractivity contribution in [2.75, 3.05) is 0 Å². The Morgan fingerprint density at radius 2 is 2.07 bits per heavy atom. The largest absolute Gasteiger partial charge is 0.504 e. The Morgan fingerprint density at radius 1 is 1.36 bits per heavy atom. The number of hydrogen-bond donors (Lipinski definition) is 3. The molecule has 1 aromatic rings. The molecule has 0 fully saturated rings. The summed E-state index contributed by atoms with van der Waals surface area (Å²) in [6, 6.07) is 4.69. The first-order chi connectivity index (χ1) is 6.66. The van der Waals surface area contributed by atoms with Gasteiger partial charge in [-0.1, -0.05) is 31.9 Å². The molecule has 0 aromatic heterocycles. The lowest BCUT2D eigenvalue weighted by Gasteiger charge is -2.13. The van der Waals surface area contributed by atoms with Crippen LogP contribution in [0.4, 0.5) is 0 Å². The number of phenolic OH excluding ortho intramolecular Hbond substituents is 2. The van der Waals surface area contributed by atoms with Crippen LogP contribution in [-0.2, 0) is 0 Å². The molecule has 0 aliphatic carbocycles. The highest BCUT2D eigenvalue weighted by Gasteiger charge is 2.12. The molecule has 3 nitrogen and oxygen atoms in total. The van der Waals surface area contributed by atoms with Crippen molar-refractivity contribution in [3.05, 3.63) is 23.8 Å². The van der Waals surface area contributed by atoms with E-state index >= 15 is 0 Å². The third-order valence-electron chi connectivity index (χ3n) is 2.31. The number of benzene rings is 1. The van der Waals surface area contributed by atoms with Gasteiger partial charge < -0.3 is 15.9 Å². The Balaban J connectivity index is 2.79. The average Bonchev–Trinajstić information content (AvgIpc) is 2.18. The van der Waals surface area contributed by atoms with E-state index in [0.717, 1.165) is 19.3 Å². The normalized spacial score (nSPS) is 12.7. The summed E-state index contributed by atoms with van der Waals surface area (Å²) in [4.78, 5) is 0. The van der Waals surface area contributed by atoms with E-state index in [2.05, 4.69) is 6.92 Å². The first kappa shape index (κ1) is 10.9. The van der Waals surface area contributed by atoms with E-state index in [-0.39, 0.29) is 17.5 Å². The molecule has 78 valence electrons. The molecular formula is C11H17NO2. The van der Waals surface area contributed by atoms with Crippen molar-refractivity contribution in [1.82, 2.24) is 0 Å². The zero-order valence-corrected chi connectivity index (χ0v) is 8.40. The third-order valence-corrected chi connectivity index (χ3v) is 2.31. The van der Waals surface area contributed by atoms with Gasteiger partial charge in [-0.05, 0) is 12.5 Å². The lowest BCUT2D eigenvalue weighted by molar-refractivity contribution is 0.394. The van der Waals surface area contributed by atoms with E-state index in [1.54, 1.807) is 12.1 Å². The Morgan fingerprint density at radius 3 is 2.71 bits per heavy atom. The van der Waals surface area contributed by atoms with Crippen molar-refractivity contribution in [1.29, 1.82) is 0 Å². The summed E-state index contributed by atoms with van der Waals surface area (Å²) in [6.45, 7) is 2.09. The van der Waals surface area contributed by atoms with Gasteiger partial charge in [-0.25, -0.2) is 0 Å². The fraction of sp³-hybridized carbons (Fsp3) is 0.455. The van der Waals surface area contributed by atoms with Gasteiger partial charge in [0.15, 0.2) is 11.5 Å². The Hall–Kier alpha value is -1.22. The molecule has 0 aliphatic rings. The van der Waals surface area contributed by atoms with Crippen molar-refractivity contribution < 1.29 is 10.2 Å². The fourth-order valence-corrected chi connectivity index (χ4v) is 1.43. The van der Waals surface area contributed by atoms with Gasteiger partial charge >= 0.3 is 0 Å². The Bertz CT molecular complexity index is 299. The van der Waals surface area contributed by atoms with E-state index in [1.807, 2.05) is 0 Å². The molecule has 3 heteroatoms. The van der Waals surface area contributed by atoms with Crippen LogP contribution in [0.2, 0.25) is 0 Å². The highest BCUT2D eigenvalue weighted by atomic mass is 16.3. The van der Waals surface area contributed by atoms with Gasteiger partial charge in [-0.15, -0.1) is 0 Å². The number of rotatable bonds is 4. The first-order valence-electron chi connectivity index (χ1n) is 4.93. The Kier molecular flexibility index (Phi) is 3.77. The van der Waals surface area contributed by atoms with E-state index < -0.39 is 0 Å². The molecule has 4 N–H and O–H groups in total. The van der Waals surface area contributed by atoms with Crippen LogP contribution in [0.25, 0.3) is 0 Å². The molecule has 0 saturated carbocycles. The summed E-state index contributed by atoms with van der Waals surface area (Å²) in [5.74, 6) is -0.189. The molecule has 0 aliphatic heterocycles. The molecule has 1 atom stereocenters. The van der Waals surface area contributed by atoms with Gasteiger partial charge in [0.2, 0.25) is 0 Å². The maximum atomic E-state index is 9.54. The van der Waals surface area contributed by atoms with Gasteiger partial charge in [0.1, 0.15) is 0 Å². The highest BCUT2D eigenvalue weighted by molar-refractivity contribution is 5.45. The molecule has 0 spiro atoms. The van der Waals surface area contributed by atoms with Crippen molar-refractivity contribution in [3.63, 3.8) is 0 Å².